The van der Waals surface area contributed by atoms with Crippen LogP contribution in [-0.2, 0) is 4.74 Å². The van der Waals surface area contributed by atoms with Crippen LogP contribution in [0.3, 0.4) is 0 Å². The van der Waals surface area contributed by atoms with E-state index in [2.05, 4.69) is 4.99 Å². The van der Waals surface area contributed by atoms with Gasteiger partial charge >= 0.3 is 0 Å². The molecule has 0 aliphatic rings. The Morgan fingerprint density at radius 3 is 2.43 bits per heavy atom. The minimum Gasteiger partial charge on any atom is -0.482 e. The predicted octanol–water partition coefficient (Wildman–Crippen LogP) is 1.07. The Kier molecular flexibility index (Phi) is 3.38. The van der Waals surface area contributed by atoms with Crippen LogP contribution in [0.4, 0.5) is 0 Å². The molecule has 0 atom stereocenters. The van der Waals surface area contributed by atoms with Gasteiger partial charge in [0, 0.05) is 14.0 Å². The summed E-state index contributed by atoms with van der Waals surface area (Å²) in [6.07, 6.45) is 0. The zero-order valence-corrected chi connectivity index (χ0v) is 5.06. The van der Waals surface area contributed by atoms with Crippen molar-refractivity contribution in [3.8, 4) is 0 Å². The van der Waals surface area contributed by atoms with Gasteiger partial charge in [0.05, 0.1) is 6.61 Å². The van der Waals surface area contributed by atoms with Crippen molar-refractivity contribution in [2.45, 2.75) is 13.8 Å². The Labute approximate surface area is 44.2 Å². The third-order valence-electron chi connectivity index (χ3n) is 0.668. The molecule has 0 bridgehead atoms. The van der Waals surface area contributed by atoms with Crippen molar-refractivity contribution in [1.82, 2.24) is 0 Å². The van der Waals surface area contributed by atoms with Gasteiger partial charge in [0.2, 0.25) is 0 Å². The predicted molar refractivity (Wildman–Crippen MR) is 30.7 cm³/mol. The van der Waals surface area contributed by atoms with E-state index in [1.807, 2.05) is 13.8 Å². The van der Waals surface area contributed by atoms with E-state index < -0.39 is 0 Å². The number of aliphatic imine (C=N–C) groups is 1. The van der Waals surface area contributed by atoms with Crippen LogP contribution < -0.4 is 0 Å². The first-order chi connectivity index (χ1) is 3.31. The molecular weight excluding hydrogens is 90.1 g/mol. The van der Waals surface area contributed by atoms with E-state index in [0.29, 0.717) is 6.61 Å². The maximum atomic E-state index is 4.94. The summed E-state index contributed by atoms with van der Waals surface area (Å²) in [6, 6.07) is 0. The van der Waals surface area contributed by atoms with Crippen molar-refractivity contribution < 1.29 is 4.74 Å². The molecule has 0 aromatic rings. The van der Waals surface area contributed by atoms with Crippen LogP contribution in [0.5, 0.6) is 0 Å². The SMILES string of the molecule is CCOC(C)=NC. The summed E-state index contributed by atoms with van der Waals surface area (Å²) in [5, 5.41) is 0. The van der Waals surface area contributed by atoms with Crippen LogP contribution >= 0.6 is 0 Å². The fourth-order valence-electron chi connectivity index (χ4n) is 0.273. The van der Waals surface area contributed by atoms with Gasteiger partial charge in [0.15, 0.2) is 5.90 Å². The first kappa shape index (κ1) is 6.47. The summed E-state index contributed by atoms with van der Waals surface area (Å²) in [7, 11) is 1.71. The molecule has 0 heterocycles. The normalized spacial score (nSPS) is 11.6. The first-order valence-corrected chi connectivity index (χ1v) is 2.37. The minimum absolute atomic E-state index is 0.711. The fourth-order valence-corrected chi connectivity index (χ4v) is 0.273. The molecule has 0 aromatic carbocycles. The van der Waals surface area contributed by atoms with Crippen LogP contribution in [0, 0.1) is 0 Å². The number of hydrogen-bond donors (Lipinski definition) is 0. The smallest absolute Gasteiger partial charge is 0.179 e. The lowest BCUT2D eigenvalue weighted by atomic mass is 10.7. The largest absolute Gasteiger partial charge is 0.482 e. The zero-order chi connectivity index (χ0) is 5.70. The van der Waals surface area contributed by atoms with Crippen LogP contribution in [0.15, 0.2) is 4.99 Å². The summed E-state index contributed by atoms with van der Waals surface area (Å²) in [5.74, 6) is 0.752. The molecule has 2 nitrogen and oxygen atoms in total. The molecule has 0 radical (unpaired) electrons. The topological polar surface area (TPSA) is 21.6 Å². The van der Waals surface area contributed by atoms with Crippen molar-refractivity contribution in [2.24, 2.45) is 4.99 Å². The number of nitrogens with zero attached hydrogens (tertiary/aromatic N) is 1. The molecule has 0 fully saturated rings. The van der Waals surface area contributed by atoms with Crippen molar-refractivity contribution in [1.29, 1.82) is 0 Å². The van der Waals surface area contributed by atoms with Crippen LogP contribution in [0.25, 0.3) is 0 Å². The Hall–Kier alpha value is -0.530. The molecule has 42 valence electrons. The van der Waals surface area contributed by atoms with Crippen molar-refractivity contribution in [2.75, 3.05) is 13.7 Å². The van der Waals surface area contributed by atoms with E-state index in [0.717, 1.165) is 5.90 Å². The quantitative estimate of drug-likeness (QED) is 0.357. The third kappa shape index (κ3) is 3.30. The minimum atomic E-state index is 0.711. The van der Waals surface area contributed by atoms with Gasteiger partial charge in [-0.3, -0.25) is 4.99 Å². The van der Waals surface area contributed by atoms with Gasteiger partial charge in [-0.25, -0.2) is 0 Å². The molecule has 2 heteroatoms. The molecule has 0 aromatic heterocycles. The van der Waals surface area contributed by atoms with Crippen LogP contribution in [0.2, 0.25) is 0 Å². The highest BCUT2D eigenvalue weighted by molar-refractivity contribution is 5.72. The molecule has 0 rings (SSSR count). The fraction of sp³-hybridized carbons (Fsp3) is 0.800. The third-order valence-corrected chi connectivity index (χ3v) is 0.668. The summed E-state index contributed by atoms with van der Waals surface area (Å²) < 4.78 is 4.94. The van der Waals surface area contributed by atoms with Gasteiger partial charge in [-0.1, -0.05) is 0 Å². The molecule has 0 aliphatic heterocycles. The van der Waals surface area contributed by atoms with E-state index in [1.54, 1.807) is 7.05 Å². The Morgan fingerprint density at radius 1 is 1.71 bits per heavy atom. The highest BCUT2D eigenvalue weighted by Crippen LogP contribution is 1.76. The maximum Gasteiger partial charge on any atom is 0.179 e. The highest BCUT2D eigenvalue weighted by atomic mass is 16.5. The molecule has 0 spiro atoms. The second-order valence-corrected chi connectivity index (χ2v) is 1.18. The van der Waals surface area contributed by atoms with Gasteiger partial charge in [-0.2, -0.15) is 0 Å². The lowest BCUT2D eigenvalue weighted by Gasteiger charge is -1.96. The first-order valence-electron chi connectivity index (χ1n) is 2.37. The van der Waals surface area contributed by atoms with Gasteiger partial charge in [0.25, 0.3) is 0 Å². The summed E-state index contributed by atoms with van der Waals surface area (Å²) in [5.41, 5.74) is 0. The van der Waals surface area contributed by atoms with Crippen LogP contribution in [-0.4, -0.2) is 19.6 Å². The number of rotatable bonds is 1. The highest BCUT2D eigenvalue weighted by Gasteiger charge is 1.79. The van der Waals surface area contributed by atoms with Gasteiger partial charge < -0.3 is 4.74 Å². The van der Waals surface area contributed by atoms with Gasteiger partial charge in [-0.15, -0.1) is 0 Å². The van der Waals surface area contributed by atoms with Gasteiger partial charge in [-0.05, 0) is 6.92 Å². The summed E-state index contributed by atoms with van der Waals surface area (Å²) in [4.78, 5) is 3.77. The monoisotopic (exact) mass is 101 g/mol. The Bertz CT molecular complexity index is 68.5. The Morgan fingerprint density at radius 2 is 2.29 bits per heavy atom. The molecule has 0 saturated heterocycles. The standard InChI is InChI=1S/C5H11NO/c1-4-7-5(2)6-3/h4H2,1-3H3. The Balaban J connectivity index is 3.17. The molecule has 0 aliphatic carbocycles. The van der Waals surface area contributed by atoms with Gasteiger partial charge in [0.1, 0.15) is 0 Å². The molecule has 0 unspecified atom stereocenters. The molecular formula is C5H11NO. The van der Waals surface area contributed by atoms with E-state index in [1.165, 1.54) is 0 Å². The zero-order valence-electron chi connectivity index (χ0n) is 5.06. The van der Waals surface area contributed by atoms with E-state index >= 15 is 0 Å². The van der Waals surface area contributed by atoms with Crippen molar-refractivity contribution in [3.63, 3.8) is 0 Å². The average molecular weight is 101 g/mol. The van der Waals surface area contributed by atoms with E-state index in [9.17, 15) is 0 Å². The van der Waals surface area contributed by atoms with Crippen LogP contribution in [0.1, 0.15) is 13.8 Å². The molecule has 0 amide bonds. The second-order valence-electron chi connectivity index (χ2n) is 1.18. The molecule has 7 heavy (non-hydrogen) atoms. The second kappa shape index (κ2) is 3.65. The van der Waals surface area contributed by atoms with Crippen molar-refractivity contribution >= 4 is 5.90 Å². The van der Waals surface area contributed by atoms with E-state index in [-0.39, 0.29) is 0 Å². The molecule has 0 N–H and O–H groups in total. The van der Waals surface area contributed by atoms with Crippen molar-refractivity contribution in [3.05, 3.63) is 0 Å². The summed E-state index contributed by atoms with van der Waals surface area (Å²) >= 11 is 0. The number of ether oxygens (including phenoxy) is 1. The van der Waals surface area contributed by atoms with E-state index in [4.69, 9.17) is 4.74 Å². The lowest BCUT2D eigenvalue weighted by Crippen LogP contribution is -1.96. The lowest BCUT2D eigenvalue weighted by molar-refractivity contribution is 0.324. The molecule has 0 saturated carbocycles. The average Bonchev–Trinajstić information content (AvgIpc) is 1.68. The maximum absolute atomic E-state index is 4.94. The number of hydrogen-bond acceptors (Lipinski definition) is 2. The summed E-state index contributed by atoms with van der Waals surface area (Å²) in [6.45, 7) is 4.49.